The summed E-state index contributed by atoms with van der Waals surface area (Å²) >= 11 is 0. The summed E-state index contributed by atoms with van der Waals surface area (Å²) in [6, 6.07) is 4.21. The number of aromatic amines is 1. The molecule has 1 aromatic carbocycles. The van der Waals surface area contributed by atoms with E-state index in [-0.39, 0.29) is 5.41 Å². The number of fused-ring (bicyclic) bond motifs is 1. The van der Waals surface area contributed by atoms with Gasteiger partial charge in [0, 0.05) is 16.4 Å². The Morgan fingerprint density at radius 2 is 2.00 bits per heavy atom. The molecule has 0 unspecified atom stereocenters. The molecule has 0 saturated carbocycles. The van der Waals surface area contributed by atoms with Crippen molar-refractivity contribution in [1.29, 1.82) is 0 Å². The number of benzene rings is 1. The molecular formula is C16H19N3O. The lowest BCUT2D eigenvalue weighted by Crippen LogP contribution is -2.13. The van der Waals surface area contributed by atoms with Gasteiger partial charge in [-0.1, -0.05) is 38.9 Å². The molecule has 0 radical (unpaired) electrons. The van der Waals surface area contributed by atoms with Crippen LogP contribution >= 0.6 is 0 Å². The highest BCUT2D eigenvalue weighted by molar-refractivity contribution is 5.92. The third kappa shape index (κ3) is 2.01. The van der Waals surface area contributed by atoms with E-state index in [4.69, 9.17) is 4.52 Å². The van der Waals surface area contributed by atoms with E-state index in [0.29, 0.717) is 0 Å². The van der Waals surface area contributed by atoms with Gasteiger partial charge in [0.1, 0.15) is 5.82 Å². The first-order valence-electron chi connectivity index (χ1n) is 6.93. The molecule has 2 aromatic heterocycles. The highest BCUT2D eigenvalue weighted by atomic mass is 16.5. The van der Waals surface area contributed by atoms with Crippen molar-refractivity contribution in [1.82, 2.24) is 15.1 Å². The van der Waals surface area contributed by atoms with Crippen molar-refractivity contribution in [2.45, 2.75) is 39.5 Å². The van der Waals surface area contributed by atoms with Gasteiger partial charge in [0.15, 0.2) is 5.58 Å². The average Bonchev–Trinajstić information content (AvgIpc) is 3.05. The zero-order valence-electron chi connectivity index (χ0n) is 12.3. The number of aromatic nitrogens is 3. The van der Waals surface area contributed by atoms with Crippen LogP contribution in [0, 0.1) is 0 Å². The predicted octanol–water partition coefficient (Wildman–Crippen LogP) is 4.08. The number of H-pyrrole nitrogens is 1. The van der Waals surface area contributed by atoms with Crippen LogP contribution in [-0.4, -0.2) is 15.1 Å². The summed E-state index contributed by atoms with van der Waals surface area (Å²) in [4.78, 5) is 7.87. The first-order chi connectivity index (χ1) is 9.50. The summed E-state index contributed by atoms with van der Waals surface area (Å²) in [6.07, 6.45) is 4.62. The van der Waals surface area contributed by atoms with Crippen molar-refractivity contribution in [3.8, 4) is 11.3 Å². The molecule has 20 heavy (non-hydrogen) atoms. The molecule has 0 aliphatic carbocycles. The number of nitrogens with one attached hydrogen (secondary N) is 1. The normalized spacial score (nSPS) is 12.2. The summed E-state index contributed by atoms with van der Waals surface area (Å²) in [5.41, 5.74) is 4.06. The van der Waals surface area contributed by atoms with E-state index in [1.54, 1.807) is 6.20 Å². The second-order valence-corrected chi connectivity index (χ2v) is 6.09. The quantitative estimate of drug-likeness (QED) is 0.762. The van der Waals surface area contributed by atoms with E-state index < -0.39 is 0 Å². The Bertz CT molecular complexity index is 747. The molecule has 2 heterocycles. The third-order valence-electron chi connectivity index (χ3n) is 3.57. The van der Waals surface area contributed by atoms with Gasteiger partial charge in [0.2, 0.25) is 0 Å². The standard InChI is InChI=1S/C16H19N3O/c1-5-10-6-7-11(14-12(10)8-18-20-14)13-9-17-15(19-13)16(2,3)4/h6-9H,5H2,1-4H3,(H,17,19). The maximum absolute atomic E-state index is 5.44. The molecule has 0 bridgehead atoms. The monoisotopic (exact) mass is 269 g/mol. The minimum atomic E-state index is 0.00212. The van der Waals surface area contributed by atoms with Crippen LogP contribution in [-0.2, 0) is 11.8 Å². The van der Waals surface area contributed by atoms with Crippen molar-refractivity contribution in [2.75, 3.05) is 0 Å². The van der Waals surface area contributed by atoms with Gasteiger partial charge in [-0.3, -0.25) is 0 Å². The molecule has 0 amide bonds. The molecule has 3 rings (SSSR count). The summed E-state index contributed by atoms with van der Waals surface area (Å²) in [6.45, 7) is 8.55. The van der Waals surface area contributed by atoms with Gasteiger partial charge < -0.3 is 9.51 Å². The molecule has 4 nitrogen and oxygen atoms in total. The highest BCUT2D eigenvalue weighted by Gasteiger charge is 2.19. The van der Waals surface area contributed by atoms with E-state index >= 15 is 0 Å². The molecule has 1 N–H and O–H groups in total. The maximum atomic E-state index is 5.44. The Morgan fingerprint density at radius 3 is 2.65 bits per heavy atom. The van der Waals surface area contributed by atoms with Crippen molar-refractivity contribution < 1.29 is 4.52 Å². The average molecular weight is 269 g/mol. The lowest BCUT2D eigenvalue weighted by atomic mass is 9.96. The van der Waals surface area contributed by atoms with Crippen LogP contribution in [0.5, 0.6) is 0 Å². The number of hydrogen-bond donors (Lipinski definition) is 1. The van der Waals surface area contributed by atoms with E-state index in [0.717, 1.165) is 34.5 Å². The Labute approximate surface area is 118 Å². The third-order valence-corrected chi connectivity index (χ3v) is 3.57. The molecule has 0 fully saturated rings. The smallest absolute Gasteiger partial charge is 0.176 e. The fourth-order valence-electron chi connectivity index (χ4n) is 2.37. The molecular weight excluding hydrogens is 250 g/mol. The molecule has 3 aromatic rings. The lowest BCUT2D eigenvalue weighted by molar-refractivity contribution is 0.457. The second kappa shape index (κ2) is 4.47. The minimum Gasteiger partial charge on any atom is -0.356 e. The summed E-state index contributed by atoms with van der Waals surface area (Å²) < 4.78 is 5.44. The van der Waals surface area contributed by atoms with Gasteiger partial charge in [0.25, 0.3) is 0 Å². The van der Waals surface area contributed by atoms with Gasteiger partial charge in [0.05, 0.1) is 18.1 Å². The van der Waals surface area contributed by atoms with E-state index in [1.165, 1.54) is 5.56 Å². The number of aryl methyl sites for hydroxylation is 1. The Balaban J connectivity index is 2.15. The molecule has 4 heteroatoms. The SMILES string of the molecule is CCc1ccc(-c2cnc(C(C)(C)C)[nH]2)c2oncc12. The zero-order chi connectivity index (χ0) is 14.3. The van der Waals surface area contributed by atoms with Gasteiger partial charge >= 0.3 is 0 Å². The van der Waals surface area contributed by atoms with Crippen LogP contribution in [0.15, 0.2) is 29.0 Å². The second-order valence-electron chi connectivity index (χ2n) is 6.09. The van der Waals surface area contributed by atoms with E-state index in [2.05, 4.69) is 55.0 Å². The van der Waals surface area contributed by atoms with Crippen molar-refractivity contribution in [2.24, 2.45) is 0 Å². The summed E-state index contributed by atoms with van der Waals surface area (Å²) in [5, 5.41) is 5.02. The van der Waals surface area contributed by atoms with Gasteiger partial charge in [-0.25, -0.2) is 4.98 Å². The van der Waals surface area contributed by atoms with Crippen molar-refractivity contribution in [3.05, 3.63) is 35.9 Å². The van der Waals surface area contributed by atoms with Crippen LogP contribution < -0.4 is 0 Å². The Hall–Kier alpha value is -2.10. The van der Waals surface area contributed by atoms with E-state index in [1.807, 2.05) is 6.20 Å². The summed E-state index contributed by atoms with van der Waals surface area (Å²) in [5.74, 6) is 0.972. The van der Waals surface area contributed by atoms with Crippen LogP contribution in [0.3, 0.4) is 0 Å². The Kier molecular flexibility index (Phi) is 2.89. The fraction of sp³-hybridized carbons (Fsp3) is 0.375. The molecule has 0 aliphatic heterocycles. The lowest BCUT2D eigenvalue weighted by Gasteiger charge is -2.14. The number of imidazole rings is 1. The number of nitrogens with zero attached hydrogens (tertiary/aromatic N) is 2. The minimum absolute atomic E-state index is 0.00212. The predicted molar refractivity (Wildman–Crippen MR) is 79.7 cm³/mol. The maximum Gasteiger partial charge on any atom is 0.176 e. The molecule has 0 saturated heterocycles. The van der Waals surface area contributed by atoms with Gasteiger partial charge in [-0.15, -0.1) is 0 Å². The largest absolute Gasteiger partial charge is 0.356 e. The van der Waals surface area contributed by atoms with Crippen LogP contribution in [0.1, 0.15) is 39.1 Å². The van der Waals surface area contributed by atoms with Crippen LogP contribution in [0.25, 0.3) is 22.2 Å². The molecule has 0 spiro atoms. The molecule has 0 atom stereocenters. The van der Waals surface area contributed by atoms with Crippen molar-refractivity contribution >= 4 is 11.0 Å². The van der Waals surface area contributed by atoms with Crippen LogP contribution in [0.2, 0.25) is 0 Å². The first kappa shape index (κ1) is 12.9. The van der Waals surface area contributed by atoms with Gasteiger partial charge in [-0.05, 0) is 18.1 Å². The zero-order valence-corrected chi connectivity index (χ0v) is 12.3. The number of hydrogen-bond acceptors (Lipinski definition) is 3. The topological polar surface area (TPSA) is 54.7 Å². The highest BCUT2D eigenvalue weighted by Crippen LogP contribution is 2.31. The first-order valence-corrected chi connectivity index (χ1v) is 6.93. The number of rotatable bonds is 2. The van der Waals surface area contributed by atoms with Gasteiger partial charge in [-0.2, -0.15) is 0 Å². The van der Waals surface area contributed by atoms with Crippen LogP contribution in [0.4, 0.5) is 0 Å². The van der Waals surface area contributed by atoms with Crippen molar-refractivity contribution in [3.63, 3.8) is 0 Å². The van der Waals surface area contributed by atoms with E-state index in [9.17, 15) is 0 Å². The Morgan fingerprint density at radius 1 is 1.20 bits per heavy atom. The fourth-order valence-corrected chi connectivity index (χ4v) is 2.37. The molecule has 104 valence electrons. The summed E-state index contributed by atoms with van der Waals surface area (Å²) in [7, 11) is 0. The molecule has 0 aliphatic rings.